The molecule has 2 aliphatic heterocycles. The number of carbonyl (C=O) groups is 3. The van der Waals surface area contributed by atoms with Gasteiger partial charge in [-0.1, -0.05) is 0 Å². The summed E-state index contributed by atoms with van der Waals surface area (Å²) in [5, 5.41) is -0.303. The molecule has 0 aromatic carbocycles. The summed E-state index contributed by atoms with van der Waals surface area (Å²) >= 11 is 1.45. The van der Waals surface area contributed by atoms with Gasteiger partial charge in [0.25, 0.3) is 5.91 Å². The van der Waals surface area contributed by atoms with Gasteiger partial charge in [0.05, 0.1) is 7.11 Å². The molecular formula is C16H22N2O6S. The van der Waals surface area contributed by atoms with E-state index < -0.39 is 23.6 Å². The minimum atomic E-state index is -0.710. The topological polar surface area (TPSA) is 94.5 Å². The molecule has 0 aromatic rings. The molecular weight excluding hydrogens is 348 g/mol. The Morgan fingerprint density at radius 1 is 1.40 bits per heavy atom. The van der Waals surface area contributed by atoms with Crippen molar-refractivity contribution >= 4 is 36.0 Å². The molecule has 138 valence electrons. The van der Waals surface area contributed by atoms with Gasteiger partial charge in [-0.25, -0.2) is 9.79 Å². The van der Waals surface area contributed by atoms with Crippen LogP contribution in [-0.4, -0.2) is 65.6 Å². The van der Waals surface area contributed by atoms with Crippen LogP contribution in [0.25, 0.3) is 0 Å². The number of ether oxygens (including phenoxy) is 3. The first-order valence-electron chi connectivity index (χ1n) is 7.73. The second kappa shape index (κ2) is 7.47. The lowest BCUT2D eigenvalue weighted by molar-refractivity contribution is -0.158. The zero-order valence-electron chi connectivity index (χ0n) is 14.9. The van der Waals surface area contributed by atoms with Gasteiger partial charge >= 0.3 is 11.9 Å². The summed E-state index contributed by atoms with van der Waals surface area (Å²) in [7, 11) is 1.45. The molecule has 1 amide bonds. The van der Waals surface area contributed by atoms with Crippen molar-refractivity contribution in [2.75, 3.05) is 19.5 Å². The smallest absolute Gasteiger partial charge is 0.355 e. The van der Waals surface area contributed by atoms with Crippen molar-refractivity contribution in [1.82, 2.24) is 4.90 Å². The molecule has 0 radical (unpaired) electrons. The van der Waals surface area contributed by atoms with Crippen LogP contribution in [0.2, 0.25) is 0 Å². The van der Waals surface area contributed by atoms with Gasteiger partial charge in [0.2, 0.25) is 0 Å². The molecule has 2 rings (SSSR count). The largest absolute Gasteiger partial charge is 0.487 e. The first-order valence-corrected chi connectivity index (χ1v) is 8.78. The minimum Gasteiger partial charge on any atom is -0.487 e. The molecule has 2 atom stereocenters. The third kappa shape index (κ3) is 4.33. The molecule has 0 unspecified atom stereocenters. The summed E-state index contributed by atoms with van der Waals surface area (Å²) in [6.07, 6.45) is 1.21. The molecule has 0 aliphatic carbocycles. The summed E-state index contributed by atoms with van der Waals surface area (Å²) in [4.78, 5) is 41.6. The Morgan fingerprint density at radius 2 is 2.08 bits per heavy atom. The van der Waals surface area contributed by atoms with E-state index in [4.69, 9.17) is 14.2 Å². The maximum Gasteiger partial charge on any atom is 0.355 e. The van der Waals surface area contributed by atoms with E-state index in [9.17, 15) is 14.4 Å². The van der Waals surface area contributed by atoms with Crippen LogP contribution >= 0.6 is 11.8 Å². The maximum absolute atomic E-state index is 12.6. The lowest BCUT2D eigenvalue weighted by Crippen LogP contribution is -2.64. The molecule has 2 heterocycles. The molecule has 1 saturated heterocycles. The van der Waals surface area contributed by atoms with Crippen LogP contribution in [0.3, 0.4) is 0 Å². The first-order chi connectivity index (χ1) is 11.7. The van der Waals surface area contributed by atoms with E-state index in [1.165, 1.54) is 37.1 Å². The number of fused-ring (bicyclic) bond motifs is 1. The van der Waals surface area contributed by atoms with Crippen molar-refractivity contribution in [1.29, 1.82) is 0 Å². The molecule has 0 aromatic heterocycles. The third-order valence-electron chi connectivity index (χ3n) is 3.39. The van der Waals surface area contributed by atoms with E-state index in [0.29, 0.717) is 11.3 Å². The summed E-state index contributed by atoms with van der Waals surface area (Å²) < 4.78 is 15.2. The SMILES string of the molecule is COC=N[C@@H]1C(=O)N2C(C(=O)OC(C)(C)C)=C(COC(C)=O)CS[C@H]12. The lowest BCUT2D eigenvalue weighted by Gasteiger charge is -2.48. The molecule has 9 heteroatoms. The highest BCUT2D eigenvalue weighted by atomic mass is 32.2. The van der Waals surface area contributed by atoms with Gasteiger partial charge in [-0.15, -0.1) is 11.8 Å². The van der Waals surface area contributed by atoms with Crippen molar-refractivity contribution in [3.8, 4) is 0 Å². The van der Waals surface area contributed by atoms with Crippen molar-refractivity contribution in [3.63, 3.8) is 0 Å². The number of esters is 2. The Labute approximate surface area is 150 Å². The fourth-order valence-electron chi connectivity index (χ4n) is 2.41. The highest BCUT2D eigenvalue weighted by Crippen LogP contribution is 2.42. The zero-order valence-corrected chi connectivity index (χ0v) is 15.7. The van der Waals surface area contributed by atoms with Crippen LogP contribution in [0.5, 0.6) is 0 Å². The molecule has 8 nitrogen and oxygen atoms in total. The lowest BCUT2D eigenvalue weighted by atomic mass is 10.0. The molecule has 2 aliphatic rings. The number of carbonyl (C=O) groups excluding carboxylic acids is 3. The van der Waals surface area contributed by atoms with Crippen molar-refractivity contribution in [3.05, 3.63) is 11.3 Å². The number of hydrogen-bond donors (Lipinski definition) is 0. The number of rotatable bonds is 5. The van der Waals surface area contributed by atoms with E-state index in [1.807, 2.05) is 0 Å². The van der Waals surface area contributed by atoms with Gasteiger partial charge in [-0.05, 0) is 20.8 Å². The van der Waals surface area contributed by atoms with Gasteiger partial charge in [-0.2, -0.15) is 0 Å². The Bertz CT molecular complexity index is 637. The summed E-state index contributed by atoms with van der Waals surface area (Å²) in [6, 6.07) is -0.599. The molecule has 0 saturated carbocycles. The molecule has 0 bridgehead atoms. The highest BCUT2D eigenvalue weighted by Gasteiger charge is 2.54. The third-order valence-corrected chi connectivity index (χ3v) is 4.71. The average Bonchev–Trinajstić information content (AvgIpc) is 2.50. The average molecular weight is 370 g/mol. The molecule has 0 spiro atoms. The number of thioether (sulfide) groups is 1. The predicted molar refractivity (Wildman–Crippen MR) is 91.9 cm³/mol. The van der Waals surface area contributed by atoms with Crippen LogP contribution in [0.4, 0.5) is 0 Å². The molecule has 25 heavy (non-hydrogen) atoms. The zero-order chi connectivity index (χ0) is 18.8. The predicted octanol–water partition coefficient (Wildman–Crippen LogP) is 1.10. The number of amides is 1. The molecule has 1 fully saturated rings. The summed E-state index contributed by atoms with van der Waals surface area (Å²) in [5.41, 5.74) is -0.0138. The Kier molecular flexibility index (Phi) is 5.76. The Balaban J connectivity index is 2.30. The van der Waals surface area contributed by atoms with Crippen LogP contribution in [-0.2, 0) is 28.6 Å². The fraction of sp³-hybridized carbons (Fsp3) is 0.625. The van der Waals surface area contributed by atoms with Crippen LogP contribution in [0, 0.1) is 0 Å². The standard InChI is InChI=1S/C16H22N2O6S/c1-9(19)23-6-10-7-25-14-11(17-8-22-5)13(20)18(14)12(10)15(21)24-16(2,3)4/h8,11,14H,6-7H2,1-5H3/t11-,14-/m1/s1. The first kappa shape index (κ1) is 19.3. The van der Waals surface area contributed by atoms with Gasteiger partial charge in [-0.3, -0.25) is 14.5 Å². The van der Waals surface area contributed by atoms with E-state index in [0.717, 1.165) is 0 Å². The van der Waals surface area contributed by atoms with E-state index >= 15 is 0 Å². The van der Waals surface area contributed by atoms with Crippen LogP contribution in [0.15, 0.2) is 16.3 Å². The van der Waals surface area contributed by atoms with E-state index in [-0.39, 0.29) is 23.6 Å². The normalized spacial score (nSPS) is 23.2. The van der Waals surface area contributed by atoms with Crippen molar-refractivity contribution in [2.45, 2.75) is 44.7 Å². The maximum atomic E-state index is 12.6. The fourth-order valence-corrected chi connectivity index (χ4v) is 3.73. The number of β-lactam (4-membered cyclic amide) rings is 1. The monoisotopic (exact) mass is 370 g/mol. The van der Waals surface area contributed by atoms with E-state index in [2.05, 4.69) is 4.99 Å². The Hall–Kier alpha value is -2.03. The van der Waals surface area contributed by atoms with Crippen LogP contribution < -0.4 is 0 Å². The molecule has 0 N–H and O–H groups in total. The highest BCUT2D eigenvalue weighted by molar-refractivity contribution is 8.00. The van der Waals surface area contributed by atoms with Crippen molar-refractivity contribution in [2.24, 2.45) is 4.99 Å². The number of methoxy groups -OCH3 is 1. The second-order valence-corrected chi connectivity index (χ2v) is 7.68. The number of aliphatic imine (C=N–C) groups is 1. The minimum absolute atomic E-state index is 0.0561. The Morgan fingerprint density at radius 3 is 2.64 bits per heavy atom. The van der Waals surface area contributed by atoms with Gasteiger partial charge in [0, 0.05) is 18.2 Å². The number of nitrogens with zero attached hydrogens (tertiary/aromatic N) is 2. The van der Waals surface area contributed by atoms with Gasteiger partial charge < -0.3 is 14.2 Å². The van der Waals surface area contributed by atoms with Crippen LogP contribution in [0.1, 0.15) is 27.7 Å². The number of hydrogen-bond acceptors (Lipinski definition) is 8. The second-order valence-electron chi connectivity index (χ2n) is 6.58. The van der Waals surface area contributed by atoms with E-state index in [1.54, 1.807) is 20.8 Å². The van der Waals surface area contributed by atoms with Gasteiger partial charge in [0.15, 0.2) is 12.4 Å². The summed E-state index contributed by atoms with van der Waals surface area (Å²) in [6.45, 7) is 6.47. The van der Waals surface area contributed by atoms with Gasteiger partial charge in [0.1, 0.15) is 23.3 Å². The van der Waals surface area contributed by atoms with Crippen molar-refractivity contribution < 1.29 is 28.6 Å². The summed E-state index contributed by atoms with van der Waals surface area (Å²) in [5.74, 6) is -0.940. The quantitative estimate of drug-likeness (QED) is 0.310.